The lowest BCUT2D eigenvalue weighted by molar-refractivity contribution is -0.276. The molecule has 1 saturated carbocycles. The fourth-order valence-corrected chi connectivity index (χ4v) is 4.34. The smallest absolute Gasteiger partial charge is 0.399 e. The quantitative estimate of drug-likeness (QED) is 0.365. The Morgan fingerprint density at radius 3 is 1.59 bits per heavy atom. The molecule has 0 amide bonds. The van der Waals surface area contributed by atoms with Gasteiger partial charge in [0.2, 0.25) is 5.75 Å². The third kappa shape index (κ3) is 5.12. The molecule has 32 heavy (non-hydrogen) atoms. The topological polar surface area (TPSA) is 9.23 Å². The largest absolute Gasteiger partial charge is 0.573 e. The summed E-state index contributed by atoms with van der Waals surface area (Å²) >= 11 is 0. The Morgan fingerprint density at radius 1 is 0.688 bits per heavy atom. The molecular formula is C26H23F5O. The van der Waals surface area contributed by atoms with Crippen molar-refractivity contribution in [3.63, 3.8) is 0 Å². The zero-order valence-corrected chi connectivity index (χ0v) is 17.6. The van der Waals surface area contributed by atoms with Gasteiger partial charge in [-0.1, -0.05) is 68.3 Å². The Balaban J connectivity index is 1.51. The van der Waals surface area contributed by atoms with Gasteiger partial charge in [-0.25, -0.2) is 8.78 Å². The van der Waals surface area contributed by atoms with Crippen molar-refractivity contribution in [2.24, 2.45) is 5.92 Å². The van der Waals surface area contributed by atoms with E-state index in [-0.39, 0.29) is 5.56 Å². The van der Waals surface area contributed by atoms with Crippen LogP contribution in [0.1, 0.15) is 44.1 Å². The van der Waals surface area contributed by atoms with Gasteiger partial charge in [0.15, 0.2) is 11.6 Å². The summed E-state index contributed by atoms with van der Waals surface area (Å²) in [6.45, 7) is 2.30. The molecule has 0 aliphatic heterocycles. The fraction of sp³-hybridized carbons (Fsp3) is 0.308. The Kier molecular flexibility index (Phi) is 6.22. The van der Waals surface area contributed by atoms with Gasteiger partial charge in [-0.3, -0.25) is 0 Å². The average molecular weight is 446 g/mol. The van der Waals surface area contributed by atoms with Gasteiger partial charge in [0.05, 0.1) is 0 Å². The van der Waals surface area contributed by atoms with Gasteiger partial charge >= 0.3 is 6.36 Å². The molecule has 168 valence electrons. The normalized spacial score (nSPS) is 19.1. The van der Waals surface area contributed by atoms with E-state index >= 15 is 0 Å². The maximum Gasteiger partial charge on any atom is 0.573 e. The number of alkyl halides is 3. The molecule has 3 aromatic carbocycles. The van der Waals surface area contributed by atoms with Crippen molar-refractivity contribution >= 4 is 0 Å². The molecule has 4 rings (SSSR count). The van der Waals surface area contributed by atoms with Crippen LogP contribution in [0, 0.1) is 17.6 Å². The molecule has 1 fully saturated rings. The molecule has 0 bridgehead atoms. The van der Waals surface area contributed by atoms with E-state index in [2.05, 4.69) is 35.9 Å². The Labute approximate surface area is 183 Å². The minimum absolute atomic E-state index is 0.128. The summed E-state index contributed by atoms with van der Waals surface area (Å²) in [6, 6.07) is 17.1. The van der Waals surface area contributed by atoms with Crippen molar-refractivity contribution in [3.05, 3.63) is 77.9 Å². The molecule has 0 unspecified atom stereocenters. The van der Waals surface area contributed by atoms with Crippen LogP contribution in [0.25, 0.3) is 22.3 Å². The molecule has 0 aromatic heterocycles. The van der Waals surface area contributed by atoms with Gasteiger partial charge in [-0.05, 0) is 64.6 Å². The van der Waals surface area contributed by atoms with Gasteiger partial charge in [0.1, 0.15) is 0 Å². The first kappa shape index (κ1) is 22.3. The van der Waals surface area contributed by atoms with Crippen LogP contribution in [-0.4, -0.2) is 6.36 Å². The van der Waals surface area contributed by atoms with Crippen LogP contribution in [0.3, 0.4) is 0 Å². The lowest BCUT2D eigenvalue weighted by Gasteiger charge is -2.26. The van der Waals surface area contributed by atoms with Gasteiger partial charge in [-0.15, -0.1) is 13.2 Å². The second-order valence-corrected chi connectivity index (χ2v) is 8.47. The molecule has 0 heterocycles. The molecule has 0 radical (unpaired) electrons. The third-order valence-electron chi connectivity index (χ3n) is 6.17. The van der Waals surface area contributed by atoms with Crippen LogP contribution in [-0.2, 0) is 0 Å². The second-order valence-electron chi connectivity index (χ2n) is 8.47. The summed E-state index contributed by atoms with van der Waals surface area (Å²) in [6.07, 6.45) is -0.211. The summed E-state index contributed by atoms with van der Waals surface area (Å²) in [4.78, 5) is 0. The summed E-state index contributed by atoms with van der Waals surface area (Å²) < 4.78 is 68.4. The van der Waals surface area contributed by atoms with E-state index in [1.54, 1.807) is 12.1 Å². The predicted octanol–water partition coefficient (Wildman–Crippen LogP) is 8.49. The molecule has 0 atom stereocenters. The number of ether oxygens (including phenoxy) is 1. The van der Waals surface area contributed by atoms with Crippen molar-refractivity contribution in [2.75, 3.05) is 0 Å². The summed E-state index contributed by atoms with van der Waals surface area (Å²) in [7, 11) is 0. The first-order valence-electron chi connectivity index (χ1n) is 10.6. The SMILES string of the molecule is CC1CCC(c2ccc(-c3ccc(-c4cc(F)c(OC(F)(F)F)c(F)c4)cc3)cc2)CC1. The minimum atomic E-state index is -5.17. The maximum absolute atomic E-state index is 14.0. The van der Waals surface area contributed by atoms with Crippen molar-refractivity contribution in [1.29, 1.82) is 0 Å². The maximum atomic E-state index is 14.0. The molecule has 0 N–H and O–H groups in total. The standard InChI is InChI=1S/C26H23F5O/c1-16-2-4-17(5-3-16)18-6-8-19(9-7-18)20-10-12-21(13-11-20)22-14-23(27)25(24(28)15-22)32-26(29,30)31/h6-17H,2-5H2,1H3. The van der Waals surface area contributed by atoms with Gasteiger partial charge in [0, 0.05) is 0 Å². The van der Waals surface area contributed by atoms with Gasteiger partial charge < -0.3 is 4.74 Å². The number of benzene rings is 3. The van der Waals surface area contributed by atoms with Crippen molar-refractivity contribution in [1.82, 2.24) is 0 Å². The predicted molar refractivity (Wildman–Crippen MR) is 114 cm³/mol. The molecule has 6 heteroatoms. The molecule has 0 saturated heterocycles. The van der Waals surface area contributed by atoms with Crippen LogP contribution in [0.5, 0.6) is 5.75 Å². The van der Waals surface area contributed by atoms with Gasteiger partial charge in [-0.2, -0.15) is 0 Å². The molecule has 1 aliphatic rings. The van der Waals surface area contributed by atoms with E-state index in [9.17, 15) is 22.0 Å². The Hall–Kier alpha value is -2.89. The highest BCUT2D eigenvalue weighted by molar-refractivity contribution is 5.71. The highest BCUT2D eigenvalue weighted by Gasteiger charge is 2.34. The first-order valence-corrected chi connectivity index (χ1v) is 10.6. The van der Waals surface area contributed by atoms with E-state index in [1.807, 2.05) is 12.1 Å². The van der Waals surface area contributed by atoms with E-state index in [0.717, 1.165) is 29.2 Å². The van der Waals surface area contributed by atoms with Crippen molar-refractivity contribution < 1.29 is 26.7 Å². The minimum Gasteiger partial charge on any atom is -0.399 e. The summed E-state index contributed by atoms with van der Waals surface area (Å²) in [5, 5.41) is 0. The highest BCUT2D eigenvalue weighted by atomic mass is 19.4. The summed E-state index contributed by atoms with van der Waals surface area (Å²) in [5.74, 6) is -2.86. The van der Waals surface area contributed by atoms with E-state index < -0.39 is 23.7 Å². The lowest BCUT2D eigenvalue weighted by Crippen LogP contribution is -2.19. The fourth-order valence-electron chi connectivity index (χ4n) is 4.34. The number of rotatable bonds is 4. The zero-order chi connectivity index (χ0) is 22.9. The van der Waals surface area contributed by atoms with Crippen LogP contribution in [0.15, 0.2) is 60.7 Å². The number of hydrogen-bond acceptors (Lipinski definition) is 1. The zero-order valence-electron chi connectivity index (χ0n) is 17.6. The van der Waals surface area contributed by atoms with E-state index in [1.165, 1.54) is 31.2 Å². The molecule has 0 spiro atoms. The second kappa shape index (κ2) is 8.93. The van der Waals surface area contributed by atoms with Crippen LogP contribution >= 0.6 is 0 Å². The van der Waals surface area contributed by atoms with Crippen LogP contribution < -0.4 is 4.74 Å². The Bertz CT molecular complexity index is 1040. The summed E-state index contributed by atoms with van der Waals surface area (Å²) in [5.41, 5.74) is 3.93. The van der Waals surface area contributed by atoms with E-state index in [4.69, 9.17) is 0 Å². The Morgan fingerprint density at radius 2 is 1.12 bits per heavy atom. The molecule has 1 nitrogen and oxygen atoms in total. The molecular weight excluding hydrogens is 423 g/mol. The highest BCUT2D eigenvalue weighted by Crippen LogP contribution is 2.37. The molecule has 3 aromatic rings. The number of halogens is 5. The lowest BCUT2D eigenvalue weighted by atomic mass is 9.79. The average Bonchev–Trinajstić information content (AvgIpc) is 2.76. The van der Waals surface area contributed by atoms with Crippen LogP contribution in [0.4, 0.5) is 22.0 Å². The van der Waals surface area contributed by atoms with Crippen molar-refractivity contribution in [3.8, 4) is 28.0 Å². The van der Waals surface area contributed by atoms with E-state index in [0.29, 0.717) is 11.5 Å². The third-order valence-corrected chi connectivity index (χ3v) is 6.17. The monoisotopic (exact) mass is 446 g/mol. The van der Waals surface area contributed by atoms with Crippen LogP contribution in [0.2, 0.25) is 0 Å². The first-order chi connectivity index (χ1) is 15.2. The van der Waals surface area contributed by atoms with Crippen molar-refractivity contribution in [2.45, 2.75) is 44.9 Å². The molecule has 1 aliphatic carbocycles. The van der Waals surface area contributed by atoms with Gasteiger partial charge in [0.25, 0.3) is 0 Å². The number of hydrogen-bond donors (Lipinski definition) is 0.